The van der Waals surface area contributed by atoms with Crippen molar-refractivity contribution in [3.8, 4) is 6.07 Å². The van der Waals surface area contributed by atoms with E-state index in [9.17, 15) is 0 Å². The first-order valence-corrected chi connectivity index (χ1v) is 4.09. The Kier molecular flexibility index (Phi) is 2.74. The molecule has 0 radical (unpaired) electrons. The first kappa shape index (κ1) is 9.82. The van der Waals surface area contributed by atoms with Gasteiger partial charge in [0, 0.05) is 7.11 Å². The van der Waals surface area contributed by atoms with Crippen molar-refractivity contribution in [2.24, 2.45) is 0 Å². The average molecular weight is 179 g/mol. The largest absolute Gasteiger partial charge is 0.462 e. The standard InChI is InChI=1S/C10H13NO2/c1-10(2,7-11)9-5-4-8(13-9)6-12-3/h4-5H,6H2,1-3H3. The van der Waals surface area contributed by atoms with Crippen molar-refractivity contribution in [3.63, 3.8) is 0 Å². The molecule has 0 amide bonds. The Morgan fingerprint density at radius 1 is 1.54 bits per heavy atom. The van der Waals surface area contributed by atoms with Gasteiger partial charge in [-0.3, -0.25) is 0 Å². The van der Waals surface area contributed by atoms with Crippen molar-refractivity contribution in [3.05, 3.63) is 23.7 Å². The minimum absolute atomic E-state index is 0.446. The number of hydrogen-bond acceptors (Lipinski definition) is 3. The van der Waals surface area contributed by atoms with Crippen LogP contribution >= 0.6 is 0 Å². The van der Waals surface area contributed by atoms with Gasteiger partial charge in [0.25, 0.3) is 0 Å². The van der Waals surface area contributed by atoms with Crippen LogP contribution in [0.3, 0.4) is 0 Å². The van der Waals surface area contributed by atoms with Gasteiger partial charge >= 0.3 is 0 Å². The highest BCUT2D eigenvalue weighted by Gasteiger charge is 2.23. The topological polar surface area (TPSA) is 46.2 Å². The van der Waals surface area contributed by atoms with Crippen LogP contribution in [-0.4, -0.2) is 7.11 Å². The van der Waals surface area contributed by atoms with Crippen LogP contribution in [0.2, 0.25) is 0 Å². The lowest BCUT2D eigenvalue weighted by molar-refractivity contribution is 0.161. The van der Waals surface area contributed by atoms with Crippen LogP contribution in [0.5, 0.6) is 0 Å². The van der Waals surface area contributed by atoms with Crippen LogP contribution < -0.4 is 0 Å². The third-order valence-electron chi connectivity index (χ3n) is 1.84. The number of nitrogens with zero attached hydrogens (tertiary/aromatic N) is 1. The Bertz CT molecular complexity index is 320. The summed E-state index contributed by atoms with van der Waals surface area (Å²) in [6, 6.07) is 5.83. The molecule has 0 fully saturated rings. The summed E-state index contributed by atoms with van der Waals surface area (Å²) in [5, 5.41) is 8.85. The second kappa shape index (κ2) is 3.63. The lowest BCUT2D eigenvalue weighted by Gasteiger charge is -2.10. The van der Waals surface area contributed by atoms with Crippen molar-refractivity contribution in [1.29, 1.82) is 5.26 Å². The van der Waals surface area contributed by atoms with Gasteiger partial charge < -0.3 is 9.15 Å². The molecule has 3 nitrogen and oxygen atoms in total. The first-order valence-electron chi connectivity index (χ1n) is 4.09. The van der Waals surface area contributed by atoms with Gasteiger partial charge in [-0.1, -0.05) is 0 Å². The Hall–Kier alpha value is -1.27. The Morgan fingerprint density at radius 3 is 2.77 bits per heavy atom. The molecule has 0 aromatic carbocycles. The SMILES string of the molecule is COCc1ccc(C(C)(C)C#N)o1. The highest BCUT2D eigenvalue weighted by atomic mass is 16.5. The number of hydrogen-bond donors (Lipinski definition) is 0. The third-order valence-corrected chi connectivity index (χ3v) is 1.84. The van der Waals surface area contributed by atoms with Crippen LogP contribution in [0.15, 0.2) is 16.5 Å². The van der Waals surface area contributed by atoms with Gasteiger partial charge in [0.1, 0.15) is 23.5 Å². The van der Waals surface area contributed by atoms with Crippen molar-refractivity contribution in [1.82, 2.24) is 0 Å². The highest BCUT2D eigenvalue weighted by Crippen LogP contribution is 2.24. The molecule has 1 aromatic rings. The van der Waals surface area contributed by atoms with E-state index in [-0.39, 0.29) is 0 Å². The molecule has 0 aliphatic rings. The lowest BCUT2D eigenvalue weighted by atomic mass is 9.93. The molecule has 0 atom stereocenters. The van der Waals surface area contributed by atoms with Crippen molar-refractivity contribution in [2.75, 3.05) is 7.11 Å². The van der Waals surface area contributed by atoms with E-state index in [1.165, 1.54) is 0 Å². The number of methoxy groups -OCH3 is 1. The molecule has 1 rings (SSSR count). The van der Waals surface area contributed by atoms with Crippen LogP contribution in [0, 0.1) is 11.3 Å². The van der Waals surface area contributed by atoms with Gasteiger partial charge in [-0.05, 0) is 26.0 Å². The van der Waals surface area contributed by atoms with E-state index >= 15 is 0 Å². The summed E-state index contributed by atoms with van der Waals surface area (Å²) in [6.07, 6.45) is 0. The summed E-state index contributed by atoms with van der Waals surface area (Å²) < 4.78 is 10.3. The Morgan fingerprint density at radius 2 is 2.23 bits per heavy atom. The molecule has 0 aliphatic heterocycles. The monoisotopic (exact) mass is 179 g/mol. The van der Waals surface area contributed by atoms with Gasteiger partial charge in [-0.25, -0.2) is 0 Å². The molecule has 13 heavy (non-hydrogen) atoms. The van der Waals surface area contributed by atoms with Gasteiger partial charge in [0.2, 0.25) is 0 Å². The van der Waals surface area contributed by atoms with Crippen LogP contribution in [-0.2, 0) is 16.8 Å². The van der Waals surface area contributed by atoms with Crippen LogP contribution in [0.4, 0.5) is 0 Å². The molecule has 0 saturated carbocycles. The molecule has 0 unspecified atom stereocenters. The normalized spacial score (nSPS) is 11.2. The van der Waals surface area contributed by atoms with E-state index in [0.29, 0.717) is 12.4 Å². The van der Waals surface area contributed by atoms with Crippen LogP contribution in [0.1, 0.15) is 25.4 Å². The fourth-order valence-electron chi connectivity index (χ4n) is 0.989. The lowest BCUT2D eigenvalue weighted by Crippen LogP contribution is -2.12. The summed E-state index contributed by atoms with van der Waals surface area (Å²) in [5.41, 5.74) is -0.564. The van der Waals surface area contributed by atoms with E-state index in [1.54, 1.807) is 7.11 Å². The van der Waals surface area contributed by atoms with E-state index in [0.717, 1.165) is 5.76 Å². The summed E-state index contributed by atoms with van der Waals surface area (Å²) in [6.45, 7) is 4.09. The van der Waals surface area contributed by atoms with E-state index in [4.69, 9.17) is 14.4 Å². The maximum absolute atomic E-state index is 8.85. The molecular formula is C10H13NO2. The number of furan rings is 1. The minimum Gasteiger partial charge on any atom is -0.462 e. The minimum atomic E-state index is -0.564. The molecular weight excluding hydrogens is 166 g/mol. The van der Waals surface area contributed by atoms with Crippen LogP contribution in [0.25, 0.3) is 0 Å². The van der Waals surface area contributed by atoms with E-state index in [1.807, 2.05) is 26.0 Å². The quantitative estimate of drug-likeness (QED) is 0.714. The third kappa shape index (κ3) is 2.10. The molecule has 0 bridgehead atoms. The molecule has 0 aliphatic carbocycles. The Balaban J connectivity index is 2.87. The summed E-state index contributed by atoms with van der Waals surface area (Å²) in [4.78, 5) is 0. The maximum Gasteiger partial charge on any atom is 0.129 e. The van der Waals surface area contributed by atoms with Gasteiger partial charge in [-0.15, -0.1) is 0 Å². The fraction of sp³-hybridized carbons (Fsp3) is 0.500. The predicted octanol–water partition coefficient (Wildman–Crippen LogP) is 2.23. The summed E-state index contributed by atoms with van der Waals surface area (Å²) >= 11 is 0. The predicted molar refractivity (Wildman–Crippen MR) is 48.1 cm³/mol. The zero-order valence-corrected chi connectivity index (χ0v) is 8.13. The fourth-order valence-corrected chi connectivity index (χ4v) is 0.989. The second-order valence-corrected chi connectivity index (χ2v) is 3.44. The first-order chi connectivity index (χ1) is 6.10. The number of rotatable bonds is 3. The molecule has 0 spiro atoms. The van der Waals surface area contributed by atoms with Gasteiger partial charge in [-0.2, -0.15) is 5.26 Å². The molecule has 70 valence electrons. The molecule has 0 N–H and O–H groups in total. The molecule has 1 aromatic heterocycles. The summed E-state index contributed by atoms with van der Waals surface area (Å²) in [5.74, 6) is 1.43. The average Bonchev–Trinajstić information content (AvgIpc) is 2.54. The summed E-state index contributed by atoms with van der Waals surface area (Å²) in [7, 11) is 1.61. The van der Waals surface area contributed by atoms with E-state index < -0.39 is 5.41 Å². The van der Waals surface area contributed by atoms with E-state index in [2.05, 4.69) is 6.07 Å². The number of nitriles is 1. The van der Waals surface area contributed by atoms with Crippen molar-refractivity contribution < 1.29 is 9.15 Å². The molecule has 1 heterocycles. The molecule has 3 heteroatoms. The highest BCUT2D eigenvalue weighted by molar-refractivity contribution is 5.22. The smallest absolute Gasteiger partial charge is 0.129 e. The van der Waals surface area contributed by atoms with Crippen molar-refractivity contribution >= 4 is 0 Å². The number of ether oxygens (including phenoxy) is 1. The Labute approximate surface area is 77.9 Å². The maximum atomic E-state index is 8.85. The second-order valence-electron chi connectivity index (χ2n) is 3.44. The molecule has 0 saturated heterocycles. The van der Waals surface area contributed by atoms with Gasteiger partial charge in [0.05, 0.1) is 6.07 Å². The van der Waals surface area contributed by atoms with Crippen molar-refractivity contribution in [2.45, 2.75) is 25.9 Å². The van der Waals surface area contributed by atoms with Gasteiger partial charge in [0.15, 0.2) is 0 Å². The zero-order chi connectivity index (χ0) is 9.90. The zero-order valence-electron chi connectivity index (χ0n) is 8.13.